The van der Waals surface area contributed by atoms with E-state index in [2.05, 4.69) is 13.8 Å². The van der Waals surface area contributed by atoms with Crippen LogP contribution < -0.4 is 0 Å². The molecular formula is C19H30O. The highest BCUT2D eigenvalue weighted by molar-refractivity contribution is 5.16. The summed E-state index contributed by atoms with van der Waals surface area (Å²) in [7, 11) is 0. The Morgan fingerprint density at radius 1 is 0.850 bits per heavy atom. The van der Waals surface area contributed by atoms with Crippen LogP contribution in [-0.4, -0.2) is 12.2 Å². The summed E-state index contributed by atoms with van der Waals surface area (Å²) in [4.78, 5) is 0. The van der Waals surface area contributed by atoms with E-state index in [0.29, 0.717) is 23.0 Å². The SMILES string of the molecule is C[C@]12CCCCC1CC[C@@H]1[C@@H]2CC[C@]2(C)C3O[C@@H]3C[C@@H]12. The van der Waals surface area contributed by atoms with Crippen molar-refractivity contribution in [2.45, 2.75) is 83.8 Å². The minimum Gasteiger partial charge on any atom is -0.369 e. The van der Waals surface area contributed by atoms with E-state index in [0.717, 1.165) is 23.7 Å². The van der Waals surface area contributed by atoms with Gasteiger partial charge in [-0.05, 0) is 79.4 Å². The van der Waals surface area contributed by atoms with Crippen LogP contribution in [0.25, 0.3) is 0 Å². The van der Waals surface area contributed by atoms with E-state index < -0.39 is 0 Å². The normalized spacial score (nSPS) is 63.9. The van der Waals surface area contributed by atoms with Crippen molar-refractivity contribution in [2.24, 2.45) is 34.5 Å². The first kappa shape index (κ1) is 12.5. The van der Waals surface area contributed by atoms with Crippen molar-refractivity contribution in [3.05, 3.63) is 0 Å². The predicted octanol–water partition coefficient (Wildman–Crippen LogP) is 4.80. The summed E-state index contributed by atoms with van der Waals surface area (Å²) in [5.74, 6) is 4.17. The molecule has 112 valence electrons. The van der Waals surface area contributed by atoms with Crippen LogP contribution in [0.2, 0.25) is 0 Å². The Labute approximate surface area is 123 Å². The molecule has 5 aliphatic rings. The Morgan fingerprint density at radius 3 is 2.65 bits per heavy atom. The summed E-state index contributed by atoms with van der Waals surface area (Å²) in [6, 6.07) is 0. The first-order chi connectivity index (χ1) is 9.63. The first-order valence-electron chi connectivity index (χ1n) is 9.28. The van der Waals surface area contributed by atoms with E-state index >= 15 is 0 Å². The van der Waals surface area contributed by atoms with Gasteiger partial charge >= 0.3 is 0 Å². The second-order valence-corrected chi connectivity index (χ2v) is 9.28. The molecule has 0 aromatic rings. The first-order valence-corrected chi connectivity index (χ1v) is 9.28. The maximum Gasteiger partial charge on any atom is 0.0898 e. The van der Waals surface area contributed by atoms with Crippen LogP contribution in [-0.2, 0) is 4.74 Å². The van der Waals surface area contributed by atoms with Gasteiger partial charge < -0.3 is 4.74 Å². The van der Waals surface area contributed by atoms with Crippen LogP contribution in [0.5, 0.6) is 0 Å². The molecule has 1 nitrogen and oxygen atoms in total. The smallest absolute Gasteiger partial charge is 0.0898 e. The minimum absolute atomic E-state index is 0.559. The minimum atomic E-state index is 0.559. The van der Waals surface area contributed by atoms with Gasteiger partial charge in [0.05, 0.1) is 12.2 Å². The van der Waals surface area contributed by atoms with E-state index in [9.17, 15) is 0 Å². The summed E-state index contributed by atoms with van der Waals surface area (Å²) >= 11 is 0. The molecule has 4 saturated carbocycles. The number of hydrogen-bond donors (Lipinski definition) is 0. The summed E-state index contributed by atoms with van der Waals surface area (Å²) in [6.45, 7) is 5.25. The molecule has 0 aromatic carbocycles. The monoisotopic (exact) mass is 274 g/mol. The molecule has 1 heteroatoms. The zero-order valence-electron chi connectivity index (χ0n) is 13.2. The molecule has 1 aliphatic heterocycles. The largest absolute Gasteiger partial charge is 0.369 e. The third kappa shape index (κ3) is 1.39. The van der Waals surface area contributed by atoms with Gasteiger partial charge in [0.1, 0.15) is 0 Å². The molecular weight excluding hydrogens is 244 g/mol. The Kier molecular flexibility index (Phi) is 2.39. The van der Waals surface area contributed by atoms with E-state index in [-0.39, 0.29) is 0 Å². The van der Waals surface area contributed by atoms with Crippen molar-refractivity contribution in [1.82, 2.24) is 0 Å². The zero-order chi connectivity index (χ0) is 13.5. The van der Waals surface area contributed by atoms with Crippen molar-refractivity contribution in [3.63, 3.8) is 0 Å². The number of rotatable bonds is 0. The lowest BCUT2D eigenvalue weighted by Crippen LogP contribution is -2.53. The Morgan fingerprint density at radius 2 is 1.75 bits per heavy atom. The third-order valence-corrected chi connectivity index (χ3v) is 8.74. The van der Waals surface area contributed by atoms with Crippen LogP contribution in [0.1, 0.15) is 71.6 Å². The fourth-order valence-corrected chi connectivity index (χ4v) is 7.59. The maximum absolute atomic E-state index is 5.94. The molecule has 2 unspecified atom stereocenters. The van der Waals surface area contributed by atoms with Crippen LogP contribution in [0.4, 0.5) is 0 Å². The fourth-order valence-electron chi connectivity index (χ4n) is 7.59. The Hall–Kier alpha value is -0.0400. The number of fused-ring (bicyclic) bond motifs is 7. The lowest BCUT2D eigenvalue weighted by atomic mass is 9.45. The molecule has 20 heavy (non-hydrogen) atoms. The molecule has 0 bridgehead atoms. The summed E-state index contributed by atoms with van der Waals surface area (Å²) in [6.07, 6.45) is 14.9. The van der Waals surface area contributed by atoms with Gasteiger partial charge in [0.15, 0.2) is 0 Å². The van der Waals surface area contributed by atoms with Crippen molar-refractivity contribution in [1.29, 1.82) is 0 Å². The van der Waals surface area contributed by atoms with E-state index in [1.54, 1.807) is 12.8 Å². The Balaban J connectivity index is 1.48. The molecule has 1 heterocycles. The van der Waals surface area contributed by atoms with E-state index in [1.807, 2.05) is 0 Å². The standard InChI is InChI=1S/C19H30O/c1-18-9-4-3-5-12(18)6-7-13-14(18)8-10-19(2)15(13)11-16-17(19)20-16/h12-17H,3-11H2,1-2H3/t12?,13-,14+,15+,16-,17?,18+,19+/m1/s1. The average molecular weight is 274 g/mol. The predicted molar refractivity (Wildman–Crippen MR) is 80.4 cm³/mol. The molecule has 0 amide bonds. The van der Waals surface area contributed by atoms with Crippen LogP contribution in [0, 0.1) is 34.5 Å². The topological polar surface area (TPSA) is 12.5 Å². The molecule has 5 rings (SSSR count). The van der Waals surface area contributed by atoms with Crippen molar-refractivity contribution in [3.8, 4) is 0 Å². The number of ether oxygens (including phenoxy) is 1. The molecule has 4 aliphatic carbocycles. The molecule has 0 spiro atoms. The molecule has 8 atom stereocenters. The van der Waals surface area contributed by atoms with Gasteiger partial charge in [-0.3, -0.25) is 0 Å². The summed E-state index contributed by atoms with van der Waals surface area (Å²) in [5.41, 5.74) is 1.26. The van der Waals surface area contributed by atoms with E-state index in [4.69, 9.17) is 4.74 Å². The summed E-state index contributed by atoms with van der Waals surface area (Å²) in [5, 5.41) is 0. The highest BCUT2D eigenvalue weighted by atomic mass is 16.6. The van der Waals surface area contributed by atoms with Gasteiger partial charge in [-0.25, -0.2) is 0 Å². The maximum atomic E-state index is 5.94. The van der Waals surface area contributed by atoms with Gasteiger partial charge in [0.25, 0.3) is 0 Å². The van der Waals surface area contributed by atoms with Gasteiger partial charge in [0, 0.05) is 0 Å². The van der Waals surface area contributed by atoms with Gasteiger partial charge in [-0.2, -0.15) is 0 Å². The quantitative estimate of drug-likeness (QED) is 0.578. The van der Waals surface area contributed by atoms with Crippen molar-refractivity contribution in [2.75, 3.05) is 0 Å². The van der Waals surface area contributed by atoms with E-state index in [1.165, 1.54) is 44.9 Å². The van der Waals surface area contributed by atoms with Crippen molar-refractivity contribution >= 4 is 0 Å². The zero-order valence-corrected chi connectivity index (χ0v) is 13.2. The molecule has 1 saturated heterocycles. The number of epoxide rings is 1. The number of hydrogen-bond acceptors (Lipinski definition) is 1. The van der Waals surface area contributed by atoms with Gasteiger partial charge in [-0.15, -0.1) is 0 Å². The summed E-state index contributed by atoms with van der Waals surface area (Å²) < 4.78 is 5.94. The van der Waals surface area contributed by atoms with Crippen LogP contribution in [0.3, 0.4) is 0 Å². The van der Waals surface area contributed by atoms with Crippen LogP contribution >= 0.6 is 0 Å². The van der Waals surface area contributed by atoms with Crippen LogP contribution in [0.15, 0.2) is 0 Å². The lowest BCUT2D eigenvalue weighted by molar-refractivity contribution is -0.117. The molecule has 0 aromatic heterocycles. The van der Waals surface area contributed by atoms with Gasteiger partial charge in [0.2, 0.25) is 0 Å². The van der Waals surface area contributed by atoms with Gasteiger partial charge in [-0.1, -0.05) is 26.7 Å². The molecule has 0 N–H and O–H groups in total. The average Bonchev–Trinajstić information content (AvgIpc) is 3.16. The third-order valence-electron chi connectivity index (χ3n) is 8.74. The van der Waals surface area contributed by atoms with Crippen molar-refractivity contribution < 1.29 is 4.74 Å². The second-order valence-electron chi connectivity index (χ2n) is 9.28. The second kappa shape index (κ2) is 3.83. The fraction of sp³-hybridized carbons (Fsp3) is 1.00. The molecule has 5 fully saturated rings. The highest BCUT2D eigenvalue weighted by Gasteiger charge is 2.67. The Bertz CT molecular complexity index is 431. The highest BCUT2D eigenvalue weighted by Crippen LogP contribution is 2.69. The lowest BCUT2D eigenvalue weighted by Gasteiger charge is -2.60. The molecule has 0 radical (unpaired) electrons.